The molecule has 8 heteroatoms. The first-order valence-electron chi connectivity index (χ1n) is 14.8. The van der Waals surface area contributed by atoms with E-state index in [1.54, 1.807) is 19.2 Å². The number of benzene rings is 2. The Balaban J connectivity index is 1.36. The number of fused-ring (bicyclic) bond motifs is 1. The predicted octanol–water partition coefficient (Wildman–Crippen LogP) is 4.44. The van der Waals surface area contributed by atoms with E-state index in [2.05, 4.69) is 11.0 Å². The SMILES string of the molecule is CC[C@H](Oc1ccc2c(c1)[C@H](c1ccc(F)cc1)N(C(=O)C1CCCC1)CC2)C(=O)N1CCN(CCOC)CC1. The number of nitrogens with zero attached hydrogens (tertiary/aromatic N) is 3. The third kappa shape index (κ3) is 6.33. The first-order valence-corrected chi connectivity index (χ1v) is 14.8. The van der Waals surface area contributed by atoms with E-state index in [-0.39, 0.29) is 29.6 Å². The van der Waals surface area contributed by atoms with Gasteiger partial charge in [0.2, 0.25) is 5.91 Å². The number of rotatable bonds is 9. The van der Waals surface area contributed by atoms with Crippen molar-refractivity contribution in [1.29, 1.82) is 0 Å². The Kier molecular flexibility index (Phi) is 9.37. The van der Waals surface area contributed by atoms with Gasteiger partial charge in [-0.25, -0.2) is 4.39 Å². The molecular formula is C32H42FN3O4. The molecule has 0 aromatic heterocycles. The summed E-state index contributed by atoms with van der Waals surface area (Å²) in [5.41, 5.74) is 3.04. The second-order valence-electron chi connectivity index (χ2n) is 11.3. The number of hydrogen-bond donors (Lipinski definition) is 0. The van der Waals surface area contributed by atoms with E-state index in [1.165, 1.54) is 12.1 Å². The summed E-state index contributed by atoms with van der Waals surface area (Å²) < 4.78 is 25.4. The van der Waals surface area contributed by atoms with E-state index in [9.17, 15) is 14.0 Å². The van der Waals surface area contributed by atoms with Crippen LogP contribution in [0.4, 0.5) is 4.39 Å². The lowest BCUT2D eigenvalue weighted by atomic mass is 9.87. The quantitative estimate of drug-likeness (QED) is 0.461. The molecule has 2 heterocycles. The van der Waals surface area contributed by atoms with Crippen molar-refractivity contribution < 1.29 is 23.5 Å². The molecule has 0 N–H and O–H groups in total. The zero-order valence-corrected chi connectivity index (χ0v) is 23.8. The molecule has 7 nitrogen and oxygen atoms in total. The van der Waals surface area contributed by atoms with E-state index in [4.69, 9.17) is 9.47 Å². The summed E-state index contributed by atoms with van der Waals surface area (Å²) >= 11 is 0. The Labute approximate surface area is 237 Å². The molecule has 0 spiro atoms. The zero-order chi connectivity index (χ0) is 28.1. The molecule has 2 atom stereocenters. The number of halogens is 1. The summed E-state index contributed by atoms with van der Waals surface area (Å²) in [6.45, 7) is 7.18. The Bertz CT molecular complexity index is 1160. The average Bonchev–Trinajstić information content (AvgIpc) is 3.53. The molecule has 1 aliphatic carbocycles. The first-order chi connectivity index (χ1) is 19.5. The molecule has 216 valence electrons. The highest BCUT2D eigenvalue weighted by molar-refractivity contribution is 5.82. The number of amides is 2. The van der Waals surface area contributed by atoms with Crippen LogP contribution in [0.5, 0.6) is 5.75 Å². The molecule has 1 saturated carbocycles. The second kappa shape index (κ2) is 13.1. The van der Waals surface area contributed by atoms with Gasteiger partial charge >= 0.3 is 0 Å². The smallest absolute Gasteiger partial charge is 0.263 e. The first kappa shape index (κ1) is 28.6. The average molecular weight is 552 g/mol. The minimum absolute atomic E-state index is 0.0136. The summed E-state index contributed by atoms with van der Waals surface area (Å²) in [6, 6.07) is 12.2. The lowest BCUT2D eigenvalue weighted by Crippen LogP contribution is -2.52. The Morgan fingerprint density at radius 2 is 1.73 bits per heavy atom. The maximum absolute atomic E-state index is 13.9. The van der Waals surface area contributed by atoms with Gasteiger partial charge < -0.3 is 19.3 Å². The second-order valence-corrected chi connectivity index (χ2v) is 11.3. The summed E-state index contributed by atoms with van der Waals surface area (Å²) in [4.78, 5) is 33.3. The molecule has 40 heavy (non-hydrogen) atoms. The summed E-state index contributed by atoms with van der Waals surface area (Å²) in [5, 5.41) is 0. The van der Waals surface area contributed by atoms with E-state index in [0.29, 0.717) is 38.4 Å². The fourth-order valence-electron chi connectivity index (χ4n) is 6.40. The number of piperazine rings is 1. The lowest BCUT2D eigenvalue weighted by molar-refractivity contribution is -0.140. The Hall–Kier alpha value is -2.97. The van der Waals surface area contributed by atoms with Crippen molar-refractivity contribution in [3.05, 3.63) is 65.0 Å². The molecular weight excluding hydrogens is 509 g/mol. The monoisotopic (exact) mass is 551 g/mol. The van der Waals surface area contributed by atoms with E-state index < -0.39 is 6.10 Å². The van der Waals surface area contributed by atoms with Gasteiger partial charge in [-0.15, -0.1) is 0 Å². The van der Waals surface area contributed by atoms with Gasteiger partial charge in [0, 0.05) is 52.3 Å². The largest absolute Gasteiger partial charge is 0.481 e. The van der Waals surface area contributed by atoms with Gasteiger partial charge in [-0.1, -0.05) is 38.0 Å². The fraction of sp³-hybridized carbons (Fsp3) is 0.562. The standard InChI is InChI=1S/C32H42FN3O4/c1-3-29(32(38)35-18-16-34(17-19-35)20-21-39-2)40-27-13-10-23-14-15-36(31(37)25-6-4-5-7-25)30(28(23)22-27)24-8-11-26(33)12-9-24/h8-13,22,25,29-30H,3-7,14-21H2,1-2H3/t29-,30-/m0/s1. The molecule has 0 bridgehead atoms. The van der Waals surface area contributed by atoms with Gasteiger partial charge in [-0.3, -0.25) is 14.5 Å². The van der Waals surface area contributed by atoms with Crippen LogP contribution in [0, 0.1) is 11.7 Å². The molecule has 2 aromatic rings. The molecule has 2 amide bonds. The van der Waals surface area contributed by atoms with Crippen LogP contribution >= 0.6 is 0 Å². The molecule has 5 rings (SSSR count). The molecule has 0 unspecified atom stereocenters. The van der Waals surface area contributed by atoms with Crippen LogP contribution in [-0.4, -0.2) is 85.6 Å². The van der Waals surface area contributed by atoms with Crippen molar-refractivity contribution in [1.82, 2.24) is 14.7 Å². The van der Waals surface area contributed by atoms with Gasteiger partial charge in [0.1, 0.15) is 11.6 Å². The van der Waals surface area contributed by atoms with Crippen LogP contribution in [0.3, 0.4) is 0 Å². The summed E-state index contributed by atoms with van der Waals surface area (Å²) in [6.07, 6.45) is 4.80. The fourth-order valence-corrected chi connectivity index (χ4v) is 6.40. The van der Waals surface area contributed by atoms with Gasteiger partial charge in [0.15, 0.2) is 6.10 Å². The number of hydrogen-bond acceptors (Lipinski definition) is 5. The van der Waals surface area contributed by atoms with E-state index in [1.807, 2.05) is 28.9 Å². The van der Waals surface area contributed by atoms with Crippen molar-refractivity contribution >= 4 is 11.8 Å². The molecule has 2 aliphatic heterocycles. The van der Waals surface area contributed by atoms with Crippen molar-refractivity contribution in [2.24, 2.45) is 5.92 Å². The highest BCUT2D eigenvalue weighted by Gasteiger charge is 2.37. The molecule has 2 aromatic carbocycles. The topological polar surface area (TPSA) is 62.3 Å². The third-order valence-electron chi connectivity index (χ3n) is 8.74. The number of carbonyl (C=O) groups is 2. The lowest BCUT2D eigenvalue weighted by Gasteiger charge is -2.39. The Morgan fingerprint density at radius 3 is 2.40 bits per heavy atom. The van der Waals surface area contributed by atoms with Crippen molar-refractivity contribution in [2.45, 2.75) is 57.6 Å². The maximum Gasteiger partial charge on any atom is 0.263 e. The van der Waals surface area contributed by atoms with Crippen molar-refractivity contribution in [3.8, 4) is 5.75 Å². The van der Waals surface area contributed by atoms with Crippen LogP contribution < -0.4 is 4.74 Å². The Morgan fingerprint density at radius 1 is 1.00 bits per heavy atom. The number of methoxy groups -OCH3 is 1. The molecule has 1 saturated heterocycles. The van der Waals surface area contributed by atoms with Gasteiger partial charge in [-0.05, 0) is 66.6 Å². The molecule has 2 fully saturated rings. The number of ether oxygens (including phenoxy) is 2. The zero-order valence-electron chi connectivity index (χ0n) is 23.8. The molecule has 0 radical (unpaired) electrons. The van der Waals surface area contributed by atoms with Crippen LogP contribution in [0.2, 0.25) is 0 Å². The van der Waals surface area contributed by atoms with Gasteiger partial charge in [-0.2, -0.15) is 0 Å². The normalized spacial score (nSPS) is 20.8. The molecule has 3 aliphatic rings. The van der Waals surface area contributed by atoms with E-state index >= 15 is 0 Å². The maximum atomic E-state index is 13.9. The number of carbonyl (C=O) groups excluding carboxylic acids is 2. The highest BCUT2D eigenvalue weighted by atomic mass is 19.1. The van der Waals surface area contributed by atoms with Gasteiger partial charge in [0.25, 0.3) is 5.91 Å². The van der Waals surface area contributed by atoms with Crippen molar-refractivity contribution in [3.63, 3.8) is 0 Å². The van der Waals surface area contributed by atoms with Crippen LogP contribution in [0.15, 0.2) is 42.5 Å². The summed E-state index contributed by atoms with van der Waals surface area (Å²) in [7, 11) is 1.70. The van der Waals surface area contributed by atoms with Crippen LogP contribution in [-0.2, 0) is 20.7 Å². The minimum atomic E-state index is -0.576. The third-order valence-corrected chi connectivity index (χ3v) is 8.74. The minimum Gasteiger partial charge on any atom is -0.481 e. The summed E-state index contributed by atoms with van der Waals surface area (Å²) in [5.74, 6) is 0.588. The predicted molar refractivity (Wildman–Crippen MR) is 152 cm³/mol. The van der Waals surface area contributed by atoms with Crippen LogP contribution in [0.25, 0.3) is 0 Å². The highest BCUT2D eigenvalue weighted by Crippen LogP contribution is 2.40. The van der Waals surface area contributed by atoms with Gasteiger partial charge in [0.05, 0.1) is 12.6 Å². The van der Waals surface area contributed by atoms with Crippen LogP contribution in [0.1, 0.15) is 61.8 Å². The van der Waals surface area contributed by atoms with E-state index in [0.717, 1.165) is 68.4 Å². The van der Waals surface area contributed by atoms with Crippen molar-refractivity contribution in [2.75, 3.05) is 53.0 Å².